The number of aliphatic hydroxyl groups excluding tert-OH is 3. The fourth-order valence-electron chi connectivity index (χ4n) is 10.4. The van der Waals surface area contributed by atoms with Gasteiger partial charge in [0, 0.05) is 11.8 Å². The minimum Gasteiger partial charge on any atom is -0.393 e. The zero-order chi connectivity index (χ0) is 23.4. The van der Waals surface area contributed by atoms with Crippen LogP contribution in [0.3, 0.4) is 0 Å². The number of carbonyl (C=O) groups excluding carboxylic acids is 1. The lowest BCUT2D eigenvalue weighted by molar-refractivity contribution is -0.221. The highest BCUT2D eigenvalue weighted by Crippen LogP contribution is 2.71. The zero-order valence-electron chi connectivity index (χ0n) is 20.5. The summed E-state index contributed by atoms with van der Waals surface area (Å²) in [6, 6.07) is 0. The molecule has 32 heavy (non-hydrogen) atoms. The number of fused-ring (bicyclic) bond motifs is 7. The molecule has 5 nitrogen and oxygen atoms in total. The predicted octanol–water partition coefficient (Wildman–Crippen LogP) is 3.17. The molecule has 0 aliphatic heterocycles. The summed E-state index contributed by atoms with van der Waals surface area (Å²) in [6.07, 6.45) is 3.06. The minimum absolute atomic E-state index is 0.125. The van der Waals surface area contributed by atoms with Crippen molar-refractivity contribution in [3.63, 3.8) is 0 Å². The third-order valence-electron chi connectivity index (χ3n) is 11.3. The van der Waals surface area contributed by atoms with Gasteiger partial charge in [0.1, 0.15) is 5.78 Å². The van der Waals surface area contributed by atoms with Crippen LogP contribution in [0.25, 0.3) is 0 Å². The molecule has 5 aliphatic carbocycles. The lowest BCUT2D eigenvalue weighted by Gasteiger charge is -2.63. The maximum Gasteiger partial charge on any atom is 0.143 e. The largest absolute Gasteiger partial charge is 0.393 e. The maximum atomic E-state index is 14.2. The Bertz CT molecular complexity index is 782. The second kappa shape index (κ2) is 7.26. The Morgan fingerprint density at radius 3 is 2.28 bits per heavy atom. The molecular weight excluding hydrogens is 404 g/mol. The van der Waals surface area contributed by atoms with Gasteiger partial charge in [-0.3, -0.25) is 4.79 Å². The van der Waals surface area contributed by atoms with Gasteiger partial charge in [-0.15, -0.1) is 0 Å². The third kappa shape index (κ3) is 2.86. The molecule has 0 aromatic carbocycles. The highest BCUT2D eigenvalue weighted by atomic mass is 16.3. The highest BCUT2D eigenvalue weighted by molar-refractivity contribution is 5.89. The first-order valence-corrected chi connectivity index (χ1v) is 13.2. The molecule has 0 saturated heterocycles. The number of hydrogen-bond donors (Lipinski definition) is 4. The monoisotopic (exact) mass is 448 g/mol. The van der Waals surface area contributed by atoms with Gasteiger partial charge in [0.15, 0.2) is 0 Å². The molecule has 5 fully saturated rings. The van der Waals surface area contributed by atoms with Crippen LogP contribution >= 0.6 is 0 Å². The van der Waals surface area contributed by atoms with Crippen LogP contribution in [0.1, 0.15) is 79.6 Å². The first-order valence-electron chi connectivity index (χ1n) is 13.2. The molecule has 0 aromatic rings. The Morgan fingerprint density at radius 2 is 1.62 bits per heavy atom. The summed E-state index contributed by atoms with van der Waals surface area (Å²) in [5.74, 6) is 0.0388. The SMILES string of the molecule is CC(C)C[C@@]1(O)C[C@@H](C)[C@H]2[C@@H]1C(=O)[C@@H]1C3C(O)[C@H](O)[C@H]4C[C@H](O)CC[C@]4(C)C3CC[C@]21C. The first-order chi connectivity index (χ1) is 14.8. The van der Waals surface area contributed by atoms with Gasteiger partial charge in [-0.1, -0.05) is 34.6 Å². The second-order valence-electron chi connectivity index (χ2n) is 13.5. The average molecular weight is 449 g/mol. The molecule has 5 heteroatoms. The molecule has 5 saturated carbocycles. The van der Waals surface area contributed by atoms with E-state index in [2.05, 4.69) is 34.6 Å². The molecule has 3 unspecified atom stereocenters. The van der Waals surface area contributed by atoms with E-state index in [1.54, 1.807) is 0 Å². The van der Waals surface area contributed by atoms with Crippen molar-refractivity contribution >= 4 is 5.78 Å². The van der Waals surface area contributed by atoms with Crippen LogP contribution in [0.4, 0.5) is 0 Å². The highest BCUT2D eigenvalue weighted by Gasteiger charge is 2.73. The second-order valence-corrected chi connectivity index (χ2v) is 13.5. The summed E-state index contributed by atoms with van der Waals surface area (Å²) in [6.45, 7) is 10.9. The Balaban J connectivity index is 1.56. The van der Waals surface area contributed by atoms with Crippen molar-refractivity contribution in [1.29, 1.82) is 0 Å². The molecular formula is C27H44O5. The molecule has 13 atom stereocenters. The van der Waals surface area contributed by atoms with Crippen LogP contribution in [-0.2, 0) is 4.79 Å². The Hall–Kier alpha value is -0.490. The molecule has 0 heterocycles. The van der Waals surface area contributed by atoms with Gasteiger partial charge in [-0.2, -0.15) is 0 Å². The van der Waals surface area contributed by atoms with Crippen molar-refractivity contribution in [1.82, 2.24) is 0 Å². The van der Waals surface area contributed by atoms with Gasteiger partial charge in [0.2, 0.25) is 0 Å². The molecule has 0 bridgehead atoms. The van der Waals surface area contributed by atoms with E-state index in [0.717, 1.165) is 25.7 Å². The fourth-order valence-corrected chi connectivity index (χ4v) is 10.4. The van der Waals surface area contributed by atoms with Gasteiger partial charge in [-0.05, 0) is 85.4 Å². The molecule has 4 N–H and O–H groups in total. The topological polar surface area (TPSA) is 98.0 Å². The van der Waals surface area contributed by atoms with E-state index in [1.165, 1.54) is 0 Å². The average Bonchev–Trinajstić information content (AvgIpc) is 3.10. The van der Waals surface area contributed by atoms with Crippen molar-refractivity contribution in [3.8, 4) is 0 Å². The number of rotatable bonds is 2. The van der Waals surface area contributed by atoms with E-state index in [0.29, 0.717) is 25.2 Å². The smallest absolute Gasteiger partial charge is 0.143 e. The number of aliphatic hydroxyl groups is 4. The summed E-state index contributed by atoms with van der Waals surface area (Å²) in [7, 11) is 0. The lowest BCUT2D eigenvalue weighted by atomic mass is 9.43. The minimum atomic E-state index is -0.954. The Kier molecular flexibility index (Phi) is 5.27. The van der Waals surface area contributed by atoms with Crippen LogP contribution in [0.5, 0.6) is 0 Å². The van der Waals surface area contributed by atoms with Crippen LogP contribution in [-0.4, -0.2) is 50.1 Å². The number of ketones is 1. The summed E-state index contributed by atoms with van der Waals surface area (Å²) in [5.41, 5.74) is -1.35. The summed E-state index contributed by atoms with van der Waals surface area (Å²) in [4.78, 5) is 14.2. The quantitative estimate of drug-likeness (QED) is 0.520. The van der Waals surface area contributed by atoms with Crippen molar-refractivity contribution < 1.29 is 25.2 Å². The molecule has 0 amide bonds. The molecule has 5 aliphatic rings. The zero-order valence-corrected chi connectivity index (χ0v) is 20.5. The van der Waals surface area contributed by atoms with Gasteiger partial charge in [0.25, 0.3) is 0 Å². The van der Waals surface area contributed by atoms with Crippen LogP contribution in [0.2, 0.25) is 0 Å². The van der Waals surface area contributed by atoms with E-state index < -0.39 is 23.9 Å². The first kappa shape index (κ1) is 23.3. The van der Waals surface area contributed by atoms with Gasteiger partial charge >= 0.3 is 0 Å². The van der Waals surface area contributed by atoms with E-state index in [1.807, 2.05) is 0 Å². The summed E-state index contributed by atoms with van der Waals surface area (Å²) >= 11 is 0. The van der Waals surface area contributed by atoms with Crippen molar-refractivity contribution in [3.05, 3.63) is 0 Å². The Morgan fingerprint density at radius 1 is 0.969 bits per heavy atom. The van der Waals surface area contributed by atoms with Gasteiger partial charge in [0.05, 0.1) is 29.8 Å². The van der Waals surface area contributed by atoms with E-state index >= 15 is 0 Å². The molecule has 0 radical (unpaired) electrons. The fraction of sp³-hybridized carbons (Fsp3) is 0.963. The standard InChI is InChI=1S/C27H44O5/c1-13(2)11-27(32)12-14(3)19-21(27)24(31)20-18-16(7-9-26(19,20)5)25(4)8-6-15(28)10-17(25)22(29)23(18)30/h13-23,28-30,32H,6-12H2,1-5H3/t14-,15-,16?,17-,18?,19+,20+,21-,22-,23?,25-,26-,27-/m1/s1. The van der Waals surface area contributed by atoms with Crippen molar-refractivity contribution in [2.45, 2.75) is 103 Å². The third-order valence-corrected chi connectivity index (χ3v) is 11.3. The molecule has 0 spiro atoms. The molecule has 5 rings (SSSR count). The summed E-state index contributed by atoms with van der Waals surface area (Å²) in [5, 5.41) is 44.7. The van der Waals surface area contributed by atoms with E-state index in [9.17, 15) is 25.2 Å². The number of carbonyl (C=O) groups is 1. The van der Waals surface area contributed by atoms with Crippen molar-refractivity contribution in [2.75, 3.05) is 0 Å². The van der Waals surface area contributed by atoms with Crippen molar-refractivity contribution in [2.24, 2.45) is 58.2 Å². The Labute approximate surface area is 193 Å². The number of hydrogen-bond acceptors (Lipinski definition) is 5. The summed E-state index contributed by atoms with van der Waals surface area (Å²) < 4.78 is 0. The number of Topliss-reactive ketones (excluding diaryl/α,β-unsaturated/α-hetero) is 1. The predicted molar refractivity (Wildman–Crippen MR) is 121 cm³/mol. The normalized spacial score (nSPS) is 59.5. The lowest BCUT2D eigenvalue weighted by Crippen LogP contribution is -2.65. The van der Waals surface area contributed by atoms with Crippen LogP contribution in [0, 0.1) is 58.2 Å². The van der Waals surface area contributed by atoms with Crippen LogP contribution in [0.15, 0.2) is 0 Å². The van der Waals surface area contributed by atoms with Gasteiger partial charge in [-0.25, -0.2) is 0 Å². The van der Waals surface area contributed by atoms with E-state index in [-0.39, 0.29) is 58.0 Å². The van der Waals surface area contributed by atoms with E-state index in [4.69, 9.17) is 0 Å². The molecule has 0 aromatic heterocycles. The van der Waals surface area contributed by atoms with Gasteiger partial charge < -0.3 is 20.4 Å². The molecule has 182 valence electrons. The van der Waals surface area contributed by atoms with Crippen LogP contribution < -0.4 is 0 Å². The maximum absolute atomic E-state index is 14.2.